The zero-order chi connectivity index (χ0) is 28.3. The maximum atomic E-state index is 11.8. The second-order valence-electron chi connectivity index (χ2n) is 11.8. The highest BCUT2D eigenvalue weighted by Gasteiger charge is 2.02. The molecule has 232 valence electrons. The third-order valence-corrected chi connectivity index (χ3v) is 7.87. The topological polar surface area (TPSA) is 35.5 Å². The predicted molar refractivity (Wildman–Crippen MR) is 171 cm³/mol. The van der Waals surface area contributed by atoms with Crippen LogP contribution in [0.15, 0.2) is 12.3 Å². The molecule has 0 bridgehead atoms. The first kappa shape index (κ1) is 38.0. The minimum Gasteiger partial charge on any atom is -0.498 e. The van der Waals surface area contributed by atoms with Crippen LogP contribution in [0.2, 0.25) is 0 Å². The molecule has 0 saturated carbocycles. The molecule has 0 atom stereocenters. The zero-order valence-corrected chi connectivity index (χ0v) is 26.8. The average Bonchev–Trinajstić information content (AvgIpc) is 2.94. The number of carbonyl (C=O) groups excluding carboxylic acids is 1. The van der Waals surface area contributed by atoms with E-state index in [0.717, 1.165) is 19.3 Å². The van der Waals surface area contributed by atoms with Crippen molar-refractivity contribution in [2.45, 2.75) is 200 Å². The van der Waals surface area contributed by atoms with Gasteiger partial charge in [0.15, 0.2) is 0 Å². The van der Waals surface area contributed by atoms with Crippen molar-refractivity contribution in [1.29, 1.82) is 0 Å². The first-order valence-electron chi connectivity index (χ1n) is 17.7. The fraction of sp³-hybridized carbons (Fsp3) is 0.917. The second-order valence-corrected chi connectivity index (χ2v) is 11.8. The summed E-state index contributed by atoms with van der Waals surface area (Å²) in [6, 6.07) is 0. The monoisotopic (exact) mass is 551 g/mol. The van der Waals surface area contributed by atoms with Crippen LogP contribution in [0, 0.1) is 0 Å². The van der Waals surface area contributed by atoms with Crippen LogP contribution in [-0.2, 0) is 14.3 Å². The van der Waals surface area contributed by atoms with E-state index in [1.807, 2.05) is 0 Å². The van der Waals surface area contributed by atoms with Gasteiger partial charge in [0.05, 0.1) is 6.26 Å². The standard InChI is InChI=1S/C36H70O3/c1-3-5-7-9-11-13-15-17-18-19-21-23-25-27-29-31-33-38-34-35-39-36(37)32-30-28-26-24-22-20-16-14-12-10-8-6-4-2/h31,33H,3-30,32,34-35H2,1-2H3. The van der Waals surface area contributed by atoms with E-state index in [1.165, 1.54) is 161 Å². The molecule has 0 fully saturated rings. The van der Waals surface area contributed by atoms with Crippen molar-refractivity contribution in [1.82, 2.24) is 0 Å². The summed E-state index contributed by atoms with van der Waals surface area (Å²) in [4.78, 5) is 11.8. The summed E-state index contributed by atoms with van der Waals surface area (Å²) < 4.78 is 10.8. The van der Waals surface area contributed by atoms with Crippen molar-refractivity contribution in [3.8, 4) is 0 Å². The molecule has 0 radical (unpaired) electrons. The molecule has 0 aromatic rings. The summed E-state index contributed by atoms with van der Waals surface area (Å²) in [6.07, 6.45) is 42.3. The van der Waals surface area contributed by atoms with Crippen LogP contribution in [0.5, 0.6) is 0 Å². The molecule has 0 amide bonds. The Balaban J connectivity index is 3.20. The Labute approximate surface area is 245 Å². The number of hydrogen-bond acceptors (Lipinski definition) is 3. The Hall–Kier alpha value is -0.990. The molecule has 0 aliphatic heterocycles. The highest BCUT2D eigenvalue weighted by atomic mass is 16.6. The molecular weight excluding hydrogens is 480 g/mol. The summed E-state index contributed by atoms with van der Waals surface area (Å²) in [7, 11) is 0. The third kappa shape index (κ3) is 35.0. The van der Waals surface area contributed by atoms with Crippen LogP contribution in [0.1, 0.15) is 200 Å². The van der Waals surface area contributed by atoms with E-state index >= 15 is 0 Å². The lowest BCUT2D eigenvalue weighted by Gasteiger charge is -2.05. The van der Waals surface area contributed by atoms with Crippen molar-refractivity contribution in [2.24, 2.45) is 0 Å². The summed E-state index contributed by atoms with van der Waals surface area (Å²) in [5.74, 6) is -0.0759. The summed E-state index contributed by atoms with van der Waals surface area (Å²) in [6.45, 7) is 5.38. The number of hydrogen-bond donors (Lipinski definition) is 0. The van der Waals surface area contributed by atoms with Gasteiger partial charge in [-0.05, 0) is 25.3 Å². The lowest BCUT2D eigenvalue weighted by molar-refractivity contribution is -0.144. The molecule has 0 N–H and O–H groups in total. The van der Waals surface area contributed by atoms with Gasteiger partial charge in [0.1, 0.15) is 13.2 Å². The maximum absolute atomic E-state index is 11.8. The van der Waals surface area contributed by atoms with Crippen molar-refractivity contribution in [3.63, 3.8) is 0 Å². The first-order valence-corrected chi connectivity index (χ1v) is 17.7. The number of rotatable bonds is 33. The van der Waals surface area contributed by atoms with Crippen molar-refractivity contribution in [3.05, 3.63) is 12.3 Å². The van der Waals surface area contributed by atoms with Crippen LogP contribution >= 0.6 is 0 Å². The molecule has 0 heterocycles. The van der Waals surface area contributed by atoms with Gasteiger partial charge in [-0.15, -0.1) is 0 Å². The van der Waals surface area contributed by atoms with Crippen molar-refractivity contribution < 1.29 is 14.3 Å². The Kier molecular flexibility index (Phi) is 34.1. The Morgan fingerprint density at radius 3 is 1.23 bits per heavy atom. The normalized spacial score (nSPS) is 11.4. The van der Waals surface area contributed by atoms with Crippen LogP contribution in [0.25, 0.3) is 0 Å². The number of ether oxygens (including phenoxy) is 2. The fourth-order valence-corrected chi connectivity index (χ4v) is 5.22. The van der Waals surface area contributed by atoms with Crippen LogP contribution < -0.4 is 0 Å². The van der Waals surface area contributed by atoms with Crippen LogP contribution in [0.3, 0.4) is 0 Å². The highest BCUT2D eigenvalue weighted by Crippen LogP contribution is 2.14. The van der Waals surface area contributed by atoms with E-state index in [-0.39, 0.29) is 5.97 Å². The summed E-state index contributed by atoms with van der Waals surface area (Å²) in [5.41, 5.74) is 0. The van der Waals surface area contributed by atoms with E-state index in [4.69, 9.17) is 9.47 Å². The average molecular weight is 551 g/mol. The van der Waals surface area contributed by atoms with Crippen LogP contribution in [-0.4, -0.2) is 19.2 Å². The van der Waals surface area contributed by atoms with E-state index < -0.39 is 0 Å². The van der Waals surface area contributed by atoms with Gasteiger partial charge in [0.2, 0.25) is 0 Å². The Morgan fingerprint density at radius 1 is 0.462 bits per heavy atom. The fourth-order valence-electron chi connectivity index (χ4n) is 5.22. The van der Waals surface area contributed by atoms with E-state index in [0.29, 0.717) is 19.6 Å². The largest absolute Gasteiger partial charge is 0.498 e. The summed E-state index contributed by atoms with van der Waals surface area (Å²) >= 11 is 0. The van der Waals surface area contributed by atoms with Gasteiger partial charge >= 0.3 is 5.97 Å². The summed E-state index contributed by atoms with van der Waals surface area (Å²) in [5, 5.41) is 0. The molecule has 0 rings (SSSR count). The third-order valence-electron chi connectivity index (χ3n) is 7.87. The highest BCUT2D eigenvalue weighted by molar-refractivity contribution is 5.69. The molecule has 0 spiro atoms. The number of unbranched alkanes of at least 4 members (excludes halogenated alkanes) is 26. The van der Waals surface area contributed by atoms with Gasteiger partial charge in [-0.25, -0.2) is 0 Å². The zero-order valence-electron chi connectivity index (χ0n) is 26.8. The Morgan fingerprint density at radius 2 is 0.821 bits per heavy atom. The SMILES string of the molecule is CCCCCCCCCCCCCCCCC=COCCOC(=O)CCCCCCCCCCCCCCC. The molecular formula is C36H70O3. The van der Waals surface area contributed by atoms with Gasteiger partial charge in [-0.1, -0.05) is 174 Å². The molecule has 39 heavy (non-hydrogen) atoms. The van der Waals surface area contributed by atoms with Gasteiger partial charge in [-0.3, -0.25) is 4.79 Å². The lowest BCUT2D eigenvalue weighted by atomic mass is 10.0. The number of allylic oxidation sites excluding steroid dienone is 1. The molecule has 0 unspecified atom stereocenters. The molecule has 3 heteroatoms. The van der Waals surface area contributed by atoms with Crippen molar-refractivity contribution >= 4 is 5.97 Å². The molecule has 0 aliphatic carbocycles. The van der Waals surface area contributed by atoms with Gasteiger partial charge in [-0.2, -0.15) is 0 Å². The minimum atomic E-state index is -0.0759. The molecule has 0 aromatic heterocycles. The van der Waals surface area contributed by atoms with Crippen molar-refractivity contribution in [2.75, 3.05) is 13.2 Å². The van der Waals surface area contributed by atoms with E-state index in [1.54, 1.807) is 6.26 Å². The minimum absolute atomic E-state index is 0.0759. The predicted octanol–water partition coefficient (Wildman–Crippen LogP) is 12.4. The first-order chi connectivity index (χ1) is 19.3. The quantitative estimate of drug-likeness (QED) is 0.0463. The lowest BCUT2D eigenvalue weighted by Crippen LogP contribution is -2.09. The number of esters is 1. The molecule has 0 aliphatic rings. The second kappa shape index (κ2) is 35.0. The van der Waals surface area contributed by atoms with Gasteiger partial charge in [0.25, 0.3) is 0 Å². The van der Waals surface area contributed by atoms with E-state index in [2.05, 4.69) is 19.9 Å². The molecule has 0 saturated heterocycles. The van der Waals surface area contributed by atoms with Gasteiger partial charge < -0.3 is 9.47 Å². The maximum Gasteiger partial charge on any atom is 0.305 e. The molecule has 3 nitrogen and oxygen atoms in total. The smallest absolute Gasteiger partial charge is 0.305 e. The van der Waals surface area contributed by atoms with E-state index in [9.17, 15) is 4.79 Å². The number of carbonyl (C=O) groups is 1. The molecule has 0 aromatic carbocycles. The Bertz CT molecular complexity index is 488. The van der Waals surface area contributed by atoms with Crippen LogP contribution in [0.4, 0.5) is 0 Å². The van der Waals surface area contributed by atoms with Gasteiger partial charge in [0, 0.05) is 6.42 Å².